The molecule has 0 spiro atoms. The van der Waals surface area contributed by atoms with Gasteiger partial charge in [-0.2, -0.15) is 5.10 Å². The molecule has 1 aromatic heterocycles. The maximum Gasteiger partial charge on any atom is 0.433 e. The summed E-state index contributed by atoms with van der Waals surface area (Å²) in [6, 6.07) is 9.25. The van der Waals surface area contributed by atoms with Crippen molar-refractivity contribution < 1.29 is 18.9 Å². The van der Waals surface area contributed by atoms with Crippen LogP contribution in [0.2, 0.25) is 5.02 Å². The number of carbonyl (C=O) groups excluding carboxylic acids is 2. The van der Waals surface area contributed by atoms with E-state index in [9.17, 15) is 19.7 Å². The molecule has 0 aliphatic heterocycles. The fraction of sp³-hybridized carbons (Fsp3) is 0.133. The fourth-order valence-corrected chi connectivity index (χ4v) is 1.92. The van der Waals surface area contributed by atoms with Crippen LogP contribution in [0.15, 0.2) is 45.9 Å². The maximum atomic E-state index is 11.8. The zero-order valence-electron chi connectivity index (χ0n) is 12.8. The summed E-state index contributed by atoms with van der Waals surface area (Å²) in [7, 11) is 0. The van der Waals surface area contributed by atoms with Crippen molar-refractivity contribution in [2.45, 2.75) is 12.8 Å². The molecule has 0 atom stereocenters. The third-order valence-electron chi connectivity index (χ3n) is 2.90. The van der Waals surface area contributed by atoms with E-state index in [0.717, 1.165) is 6.21 Å². The van der Waals surface area contributed by atoms with Gasteiger partial charge in [-0.15, -0.1) is 0 Å². The van der Waals surface area contributed by atoms with Crippen molar-refractivity contribution >= 4 is 41.2 Å². The minimum Gasteiger partial charge on any atom is -0.400 e. The average Bonchev–Trinajstić information content (AvgIpc) is 3.04. The van der Waals surface area contributed by atoms with Crippen molar-refractivity contribution in [2.75, 3.05) is 5.32 Å². The van der Waals surface area contributed by atoms with Crippen LogP contribution in [0.4, 0.5) is 11.6 Å². The highest BCUT2D eigenvalue weighted by molar-refractivity contribution is 6.33. The van der Waals surface area contributed by atoms with E-state index in [1.54, 1.807) is 24.3 Å². The van der Waals surface area contributed by atoms with E-state index in [2.05, 4.69) is 15.8 Å². The van der Waals surface area contributed by atoms with E-state index in [1.165, 1.54) is 12.1 Å². The number of furan rings is 1. The summed E-state index contributed by atoms with van der Waals surface area (Å²) in [5.41, 5.74) is 2.66. The Kier molecular flexibility index (Phi) is 6.24. The average molecular weight is 365 g/mol. The summed E-state index contributed by atoms with van der Waals surface area (Å²) in [5, 5.41) is 17.0. The van der Waals surface area contributed by atoms with Crippen LogP contribution >= 0.6 is 11.6 Å². The predicted molar refractivity (Wildman–Crippen MR) is 90.4 cm³/mol. The lowest BCUT2D eigenvalue weighted by Crippen LogP contribution is -2.20. The second kappa shape index (κ2) is 8.60. The second-order valence-corrected chi connectivity index (χ2v) is 5.16. The number of hydrazone groups is 1. The van der Waals surface area contributed by atoms with E-state index in [0.29, 0.717) is 10.7 Å². The van der Waals surface area contributed by atoms with Gasteiger partial charge in [-0.1, -0.05) is 23.7 Å². The van der Waals surface area contributed by atoms with Crippen molar-refractivity contribution in [3.8, 4) is 0 Å². The summed E-state index contributed by atoms with van der Waals surface area (Å²) >= 11 is 5.91. The number of carbonyl (C=O) groups is 2. The van der Waals surface area contributed by atoms with Crippen LogP contribution in [0, 0.1) is 10.1 Å². The SMILES string of the molecule is O=C(CCC(=O)Nc1ccccc1Cl)N/N=C/c1ccc([N+](=O)[O-])o1. The van der Waals surface area contributed by atoms with E-state index in [4.69, 9.17) is 16.0 Å². The molecule has 0 aliphatic rings. The Morgan fingerprint density at radius 2 is 1.92 bits per heavy atom. The first-order valence-electron chi connectivity index (χ1n) is 7.06. The minimum absolute atomic E-state index is 0.0567. The zero-order chi connectivity index (χ0) is 18.2. The Labute approximate surface area is 146 Å². The minimum atomic E-state index is -0.687. The van der Waals surface area contributed by atoms with Gasteiger partial charge in [0.25, 0.3) is 0 Å². The normalized spacial score (nSPS) is 10.6. The Morgan fingerprint density at radius 1 is 1.20 bits per heavy atom. The molecular weight excluding hydrogens is 352 g/mol. The molecule has 9 nitrogen and oxygen atoms in total. The van der Waals surface area contributed by atoms with Gasteiger partial charge in [0.1, 0.15) is 4.92 Å². The van der Waals surface area contributed by atoms with Crippen molar-refractivity contribution in [1.82, 2.24) is 5.43 Å². The standard InChI is InChI=1S/C15H13ClN4O5/c16-11-3-1-2-4-12(11)18-13(21)6-7-14(22)19-17-9-10-5-8-15(25-10)20(23)24/h1-5,8-9H,6-7H2,(H,18,21)(H,19,22)/b17-9+. The number of benzene rings is 1. The molecule has 0 bridgehead atoms. The Balaban J connectivity index is 1.74. The van der Waals surface area contributed by atoms with Gasteiger partial charge >= 0.3 is 5.88 Å². The number of para-hydroxylation sites is 1. The second-order valence-electron chi connectivity index (χ2n) is 4.75. The number of hydrogen-bond acceptors (Lipinski definition) is 6. The van der Waals surface area contributed by atoms with Crippen LogP contribution < -0.4 is 10.7 Å². The van der Waals surface area contributed by atoms with Crippen molar-refractivity contribution in [2.24, 2.45) is 5.10 Å². The molecule has 25 heavy (non-hydrogen) atoms. The summed E-state index contributed by atoms with van der Waals surface area (Å²) in [4.78, 5) is 33.1. The van der Waals surface area contributed by atoms with Gasteiger partial charge in [-0.3, -0.25) is 19.7 Å². The van der Waals surface area contributed by atoms with Gasteiger partial charge in [0.2, 0.25) is 11.8 Å². The van der Waals surface area contributed by atoms with E-state index in [-0.39, 0.29) is 24.5 Å². The number of nitrogens with one attached hydrogen (secondary N) is 2. The van der Waals surface area contributed by atoms with E-state index >= 15 is 0 Å². The van der Waals surface area contributed by atoms with Crippen LogP contribution in [-0.4, -0.2) is 23.0 Å². The largest absolute Gasteiger partial charge is 0.433 e. The molecule has 10 heteroatoms. The summed E-state index contributed by atoms with van der Waals surface area (Å²) in [6.45, 7) is 0. The quantitative estimate of drug-likeness (QED) is 0.443. The molecule has 0 radical (unpaired) electrons. The number of nitrogens with zero attached hydrogens (tertiary/aromatic N) is 2. The lowest BCUT2D eigenvalue weighted by molar-refractivity contribution is -0.402. The van der Waals surface area contributed by atoms with Crippen molar-refractivity contribution in [1.29, 1.82) is 0 Å². The Bertz CT molecular complexity index is 818. The molecule has 1 aromatic carbocycles. The molecule has 0 saturated heterocycles. The molecule has 1 heterocycles. The van der Waals surface area contributed by atoms with Crippen molar-refractivity contribution in [3.05, 3.63) is 57.3 Å². The number of nitro groups is 1. The topological polar surface area (TPSA) is 127 Å². The van der Waals surface area contributed by atoms with Crippen LogP contribution in [0.3, 0.4) is 0 Å². The summed E-state index contributed by atoms with van der Waals surface area (Å²) < 4.78 is 4.83. The number of hydrogen-bond donors (Lipinski definition) is 2. The first kappa shape index (κ1) is 18.1. The van der Waals surface area contributed by atoms with Gasteiger partial charge in [-0.25, -0.2) is 5.43 Å². The summed E-state index contributed by atoms with van der Waals surface area (Å²) in [5.74, 6) is -1.17. The van der Waals surface area contributed by atoms with Crippen molar-refractivity contribution in [3.63, 3.8) is 0 Å². The molecule has 0 saturated carbocycles. The van der Waals surface area contributed by atoms with Gasteiger partial charge in [-0.05, 0) is 18.2 Å². The molecule has 0 unspecified atom stereocenters. The fourth-order valence-electron chi connectivity index (χ4n) is 1.74. The van der Waals surface area contributed by atoms with E-state index < -0.39 is 16.7 Å². The van der Waals surface area contributed by atoms with Crippen LogP contribution in [0.25, 0.3) is 0 Å². The highest BCUT2D eigenvalue weighted by atomic mass is 35.5. The number of halogens is 1. The van der Waals surface area contributed by atoms with E-state index in [1.807, 2.05) is 0 Å². The third-order valence-corrected chi connectivity index (χ3v) is 3.23. The lowest BCUT2D eigenvalue weighted by Gasteiger charge is -2.06. The number of rotatable bonds is 7. The van der Waals surface area contributed by atoms with Gasteiger partial charge in [0.15, 0.2) is 5.76 Å². The number of anilines is 1. The highest BCUT2D eigenvalue weighted by Gasteiger charge is 2.11. The molecule has 2 N–H and O–H groups in total. The number of amides is 2. The predicted octanol–water partition coefficient (Wildman–Crippen LogP) is 2.71. The third kappa shape index (κ3) is 5.74. The highest BCUT2D eigenvalue weighted by Crippen LogP contribution is 2.20. The van der Waals surface area contributed by atoms with Crippen LogP contribution in [0.5, 0.6) is 0 Å². The van der Waals surface area contributed by atoms with Crippen LogP contribution in [-0.2, 0) is 9.59 Å². The van der Waals surface area contributed by atoms with Gasteiger partial charge in [0.05, 0.1) is 23.0 Å². The van der Waals surface area contributed by atoms with Crippen LogP contribution in [0.1, 0.15) is 18.6 Å². The molecule has 2 aromatic rings. The molecule has 130 valence electrons. The monoisotopic (exact) mass is 364 g/mol. The zero-order valence-corrected chi connectivity index (χ0v) is 13.5. The Morgan fingerprint density at radius 3 is 2.60 bits per heavy atom. The summed E-state index contributed by atoms with van der Waals surface area (Å²) in [6.07, 6.45) is 0.972. The molecule has 2 rings (SSSR count). The smallest absolute Gasteiger partial charge is 0.400 e. The molecule has 2 amide bonds. The van der Waals surface area contributed by atoms with Gasteiger partial charge < -0.3 is 9.73 Å². The Hall–Kier alpha value is -3.20. The lowest BCUT2D eigenvalue weighted by atomic mass is 10.2. The molecule has 0 aliphatic carbocycles. The van der Waals surface area contributed by atoms with Gasteiger partial charge in [0, 0.05) is 12.8 Å². The maximum absolute atomic E-state index is 11.8. The first-order valence-corrected chi connectivity index (χ1v) is 7.44. The first-order chi connectivity index (χ1) is 12.0. The molecule has 0 fully saturated rings. The molecular formula is C15H13ClN4O5.